The topological polar surface area (TPSA) is 77.9 Å². The van der Waals surface area contributed by atoms with E-state index in [0.29, 0.717) is 24.5 Å². The fourth-order valence-corrected chi connectivity index (χ4v) is 3.42. The highest BCUT2D eigenvalue weighted by Crippen LogP contribution is 2.35. The standard InChI is InChI=1S/C14H20N2O4S/c1-3-4-7-15-8-9-16(21(2,19)20)12-6-5-11(14(17)18)10-13(12)15/h5-6,10H,3-4,7-9H2,1-2H3,(H,17,18). The molecule has 1 aromatic carbocycles. The molecule has 1 aromatic rings. The van der Waals surface area contributed by atoms with E-state index in [1.54, 1.807) is 12.1 Å². The van der Waals surface area contributed by atoms with Crippen molar-refractivity contribution in [2.45, 2.75) is 19.8 Å². The molecule has 0 aromatic heterocycles. The first-order valence-electron chi connectivity index (χ1n) is 6.94. The molecule has 116 valence electrons. The summed E-state index contributed by atoms with van der Waals surface area (Å²) in [6, 6.07) is 4.59. The highest BCUT2D eigenvalue weighted by molar-refractivity contribution is 7.92. The molecule has 0 radical (unpaired) electrons. The average molecular weight is 312 g/mol. The van der Waals surface area contributed by atoms with Gasteiger partial charge in [0, 0.05) is 13.1 Å². The Morgan fingerprint density at radius 3 is 2.57 bits per heavy atom. The van der Waals surface area contributed by atoms with Crippen LogP contribution in [-0.2, 0) is 10.0 Å². The van der Waals surface area contributed by atoms with E-state index >= 15 is 0 Å². The summed E-state index contributed by atoms with van der Waals surface area (Å²) in [7, 11) is -3.36. The van der Waals surface area contributed by atoms with Gasteiger partial charge in [-0.3, -0.25) is 4.31 Å². The molecule has 0 atom stereocenters. The molecule has 1 N–H and O–H groups in total. The van der Waals surface area contributed by atoms with Gasteiger partial charge in [0.15, 0.2) is 0 Å². The minimum Gasteiger partial charge on any atom is -0.478 e. The van der Waals surface area contributed by atoms with Crippen molar-refractivity contribution in [3.8, 4) is 0 Å². The second kappa shape index (κ2) is 5.93. The molecule has 0 saturated carbocycles. The monoisotopic (exact) mass is 312 g/mol. The number of anilines is 2. The van der Waals surface area contributed by atoms with Gasteiger partial charge in [-0.15, -0.1) is 0 Å². The van der Waals surface area contributed by atoms with Crippen molar-refractivity contribution >= 4 is 27.4 Å². The summed E-state index contributed by atoms with van der Waals surface area (Å²) in [6.07, 6.45) is 3.18. The van der Waals surface area contributed by atoms with Crippen LogP contribution in [0.25, 0.3) is 0 Å². The van der Waals surface area contributed by atoms with E-state index in [0.717, 1.165) is 19.4 Å². The van der Waals surface area contributed by atoms with E-state index in [2.05, 4.69) is 11.8 Å². The lowest BCUT2D eigenvalue weighted by molar-refractivity contribution is 0.0697. The molecular formula is C14H20N2O4S. The van der Waals surface area contributed by atoms with E-state index < -0.39 is 16.0 Å². The van der Waals surface area contributed by atoms with E-state index in [1.807, 2.05) is 0 Å². The molecule has 1 heterocycles. The van der Waals surface area contributed by atoms with Crippen molar-refractivity contribution in [1.29, 1.82) is 0 Å². The maximum atomic E-state index is 11.9. The largest absolute Gasteiger partial charge is 0.478 e. The van der Waals surface area contributed by atoms with Gasteiger partial charge in [0.25, 0.3) is 0 Å². The number of unbranched alkanes of at least 4 members (excludes halogenated alkanes) is 1. The zero-order chi connectivity index (χ0) is 15.6. The summed E-state index contributed by atoms with van der Waals surface area (Å²) in [5, 5.41) is 9.12. The normalized spacial score (nSPS) is 15.0. The van der Waals surface area contributed by atoms with Gasteiger partial charge in [-0.1, -0.05) is 13.3 Å². The zero-order valence-corrected chi connectivity index (χ0v) is 13.1. The quantitative estimate of drug-likeness (QED) is 0.896. The van der Waals surface area contributed by atoms with Crippen LogP contribution in [0.3, 0.4) is 0 Å². The van der Waals surface area contributed by atoms with Crippen LogP contribution in [0.5, 0.6) is 0 Å². The van der Waals surface area contributed by atoms with Crippen LogP contribution in [-0.4, -0.2) is 45.4 Å². The number of carboxylic acids is 1. The highest BCUT2D eigenvalue weighted by atomic mass is 32.2. The third-order valence-corrected chi connectivity index (χ3v) is 4.77. The zero-order valence-electron chi connectivity index (χ0n) is 12.2. The van der Waals surface area contributed by atoms with E-state index in [9.17, 15) is 13.2 Å². The maximum Gasteiger partial charge on any atom is 0.335 e. The molecule has 0 saturated heterocycles. The lowest BCUT2D eigenvalue weighted by Gasteiger charge is -2.37. The van der Waals surface area contributed by atoms with Gasteiger partial charge in [-0.2, -0.15) is 0 Å². The van der Waals surface area contributed by atoms with Crippen LogP contribution < -0.4 is 9.21 Å². The van der Waals surface area contributed by atoms with Crippen molar-refractivity contribution in [2.75, 3.05) is 35.1 Å². The summed E-state index contributed by atoms with van der Waals surface area (Å²) in [4.78, 5) is 13.2. The summed E-state index contributed by atoms with van der Waals surface area (Å²) in [6.45, 7) is 3.84. The van der Waals surface area contributed by atoms with Crippen LogP contribution in [0.1, 0.15) is 30.1 Å². The Labute approximate surface area is 125 Å². The van der Waals surface area contributed by atoms with E-state index in [-0.39, 0.29) is 5.56 Å². The van der Waals surface area contributed by atoms with E-state index in [1.165, 1.54) is 16.6 Å². The number of sulfonamides is 1. The molecule has 0 spiro atoms. The Morgan fingerprint density at radius 1 is 1.29 bits per heavy atom. The average Bonchev–Trinajstić information content (AvgIpc) is 2.42. The molecule has 6 nitrogen and oxygen atoms in total. The van der Waals surface area contributed by atoms with Crippen molar-refractivity contribution < 1.29 is 18.3 Å². The molecule has 7 heteroatoms. The SMILES string of the molecule is CCCCN1CCN(S(C)(=O)=O)c2ccc(C(=O)O)cc21. The van der Waals surface area contributed by atoms with Crippen molar-refractivity contribution in [3.05, 3.63) is 23.8 Å². The number of hydrogen-bond donors (Lipinski definition) is 1. The number of aromatic carboxylic acids is 1. The Kier molecular flexibility index (Phi) is 4.41. The Hall–Kier alpha value is -1.76. The van der Waals surface area contributed by atoms with Crippen LogP contribution in [0.15, 0.2) is 18.2 Å². The molecular weight excluding hydrogens is 292 g/mol. The third-order valence-electron chi connectivity index (χ3n) is 3.59. The molecule has 1 aliphatic rings. The molecule has 21 heavy (non-hydrogen) atoms. The van der Waals surface area contributed by atoms with Crippen LogP contribution in [0.2, 0.25) is 0 Å². The first-order valence-corrected chi connectivity index (χ1v) is 8.79. The second-order valence-electron chi connectivity index (χ2n) is 5.18. The molecule has 2 rings (SSSR count). The van der Waals surface area contributed by atoms with Gasteiger partial charge in [0.05, 0.1) is 29.7 Å². The Bertz CT molecular complexity index is 642. The van der Waals surface area contributed by atoms with Gasteiger partial charge in [-0.05, 0) is 24.6 Å². The second-order valence-corrected chi connectivity index (χ2v) is 7.09. The lowest BCUT2D eigenvalue weighted by Crippen LogP contribution is -2.44. The Morgan fingerprint density at radius 2 is 2.00 bits per heavy atom. The predicted molar refractivity (Wildman–Crippen MR) is 82.7 cm³/mol. The molecule has 0 unspecified atom stereocenters. The predicted octanol–water partition coefficient (Wildman–Crippen LogP) is 1.77. The maximum absolute atomic E-state index is 11.9. The summed E-state index contributed by atoms with van der Waals surface area (Å²) < 4.78 is 25.1. The third kappa shape index (κ3) is 3.29. The fraction of sp³-hybridized carbons (Fsp3) is 0.500. The fourth-order valence-electron chi connectivity index (χ4n) is 2.50. The Balaban J connectivity index is 2.48. The molecule has 0 bridgehead atoms. The van der Waals surface area contributed by atoms with Crippen LogP contribution >= 0.6 is 0 Å². The van der Waals surface area contributed by atoms with Gasteiger partial charge in [0.2, 0.25) is 10.0 Å². The molecule has 1 aliphatic heterocycles. The first-order chi connectivity index (χ1) is 9.84. The van der Waals surface area contributed by atoms with Crippen LogP contribution in [0, 0.1) is 0 Å². The summed E-state index contributed by atoms with van der Waals surface area (Å²) >= 11 is 0. The summed E-state index contributed by atoms with van der Waals surface area (Å²) in [5.41, 5.74) is 1.41. The van der Waals surface area contributed by atoms with Crippen molar-refractivity contribution in [1.82, 2.24) is 0 Å². The minimum absolute atomic E-state index is 0.172. The number of nitrogens with zero attached hydrogens (tertiary/aromatic N) is 2. The van der Waals surface area contributed by atoms with Gasteiger partial charge < -0.3 is 10.0 Å². The molecule has 0 aliphatic carbocycles. The lowest BCUT2D eigenvalue weighted by atomic mass is 10.1. The molecule has 0 amide bonds. The number of fused-ring (bicyclic) bond motifs is 1. The van der Waals surface area contributed by atoms with Crippen molar-refractivity contribution in [3.63, 3.8) is 0 Å². The molecule has 0 fully saturated rings. The van der Waals surface area contributed by atoms with Crippen molar-refractivity contribution in [2.24, 2.45) is 0 Å². The number of benzene rings is 1. The number of rotatable bonds is 5. The van der Waals surface area contributed by atoms with Gasteiger partial charge >= 0.3 is 5.97 Å². The smallest absolute Gasteiger partial charge is 0.335 e. The van der Waals surface area contributed by atoms with Crippen LogP contribution in [0.4, 0.5) is 11.4 Å². The minimum atomic E-state index is -3.36. The van der Waals surface area contributed by atoms with E-state index in [4.69, 9.17) is 5.11 Å². The first kappa shape index (κ1) is 15.6. The summed E-state index contributed by atoms with van der Waals surface area (Å²) in [5.74, 6) is -1.01. The number of hydrogen-bond acceptors (Lipinski definition) is 4. The number of carboxylic acid groups (broad SMARTS) is 1. The number of carbonyl (C=O) groups is 1. The van der Waals surface area contributed by atoms with Gasteiger partial charge in [0.1, 0.15) is 0 Å². The highest BCUT2D eigenvalue weighted by Gasteiger charge is 2.28. The van der Waals surface area contributed by atoms with Gasteiger partial charge in [-0.25, -0.2) is 13.2 Å².